The third kappa shape index (κ3) is 4.87. The first-order valence-electron chi connectivity index (χ1n) is 8.24. The van der Waals surface area contributed by atoms with E-state index in [1.807, 2.05) is 25.1 Å². The molecule has 0 N–H and O–H groups in total. The van der Waals surface area contributed by atoms with Crippen LogP contribution in [0.15, 0.2) is 51.8 Å². The van der Waals surface area contributed by atoms with Crippen molar-refractivity contribution < 1.29 is 17.9 Å². The number of nitriles is 1. The van der Waals surface area contributed by atoms with Crippen LogP contribution < -0.4 is 4.31 Å². The van der Waals surface area contributed by atoms with Crippen molar-refractivity contribution in [3.63, 3.8) is 0 Å². The summed E-state index contributed by atoms with van der Waals surface area (Å²) in [5, 5.41) is 8.91. The molecule has 0 saturated heterocycles. The van der Waals surface area contributed by atoms with Gasteiger partial charge in [-0.1, -0.05) is 17.7 Å². The highest BCUT2D eigenvalue weighted by atomic mass is 79.9. The Morgan fingerprint density at radius 3 is 2.44 bits per heavy atom. The minimum Gasteiger partial charge on any atom is -0.462 e. The molecular formula is C19H19BrN2O4S. The standard InChI is InChI=1S/C19H19BrN2O4S/c1-3-26-19(23)15-7-10-18(17(20)13-15)27(24,25)22(12-4-11-21)16-8-5-14(2)6-9-16/h5-10,13H,3-4,12H2,1-2H3. The van der Waals surface area contributed by atoms with Crippen LogP contribution in [-0.4, -0.2) is 27.5 Å². The van der Waals surface area contributed by atoms with Gasteiger partial charge in [-0.2, -0.15) is 5.26 Å². The van der Waals surface area contributed by atoms with Crippen molar-refractivity contribution in [2.75, 3.05) is 17.5 Å². The Morgan fingerprint density at radius 2 is 1.89 bits per heavy atom. The van der Waals surface area contributed by atoms with E-state index in [9.17, 15) is 13.2 Å². The molecule has 0 unspecified atom stereocenters. The lowest BCUT2D eigenvalue weighted by atomic mass is 10.2. The first-order chi connectivity index (χ1) is 12.8. The maximum absolute atomic E-state index is 13.2. The molecule has 0 heterocycles. The highest BCUT2D eigenvalue weighted by Gasteiger charge is 2.27. The summed E-state index contributed by atoms with van der Waals surface area (Å²) in [5.41, 5.74) is 1.72. The van der Waals surface area contributed by atoms with Crippen LogP contribution in [0.4, 0.5) is 5.69 Å². The van der Waals surface area contributed by atoms with Crippen LogP contribution >= 0.6 is 15.9 Å². The Labute approximate surface area is 167 Å². The van der Waals surface area contributed by atoms with Crippen molar-refractivity contribution in [2.45, 2.75) is 25.2 Å². The lowest BCUT2D eigenvalue weighted by molar-refractivity contribution is 0.0526. The number of rotatable bonds is 7. The molecule has 0 atom stereocenters. The zero-order chi connectivity index (χ0) is 20.0. The summed E-state index contributed by atoms with van der Waals surface area (Å²) >= 11 is 3.24. The molecule has 0 aliphatic carbocycles. The predicted molar refractivity (Wildman–Crippen MR) is 106 cm³/mol. The van der Waals surface area contributed by atoms with Crippen molar-refractivity contribution in [2.24, 2.45) is 0 Å². The number of halogens is 1. The molecule has 0 aromatic heterocycles. The van der Waals surface area contributed by atoms with Gasteiger partial charge in [-0.15, -0.1) is 0 Å². The Morgan fingerprint density at radius 1 is 1.22 bits per heavy atom. The normalized spacial score (nSPS) is 10.9. The molecule has 0 bridgehead atoms. The fraction of sp³-hybridized carbons (Fsp3) is 0.263. The van der Waals surface area contributed by atoms with Crippen molar-refractivity contribution >= 4 is 37.6 Å². The van der Waals surface area contributed by atoms with Gasteiger partial charge in [-0.3, -0.25) is 4.31 Å². The number of nitrogens with zero attached hydrogens (tertiary/aromatic N) is 2. The third-order valence-corrected chi connectivity index (χ3v) is 6.56. The largest absolute Gasteiger partial charge is 0.462 e. The van der Waals surface area contributed by atoms with Crippen molar-refractivity contribution in [1.29, 1.82) is 5.26 Å². The molecule has 27 heavy (non-hydrogen) atoms. The van der Waals surface area contributed by atoms with E-state index < -0.39 is 16.0 Å². The highest BCUT2D eigenvalue weighted by Crippen LogP contribution is 2.30. The number of sulfonamides is 1. The Bertz CT molecular complexity index is 966. The molecule has 0 saturated carbocycles. The van der Waals surface area contributed by atoms with Gasteiger partial charge in [0.1, 0.15) is 4.90 Å². The lowest BCUT2D eigenvalue weighted by Gasteiger charge is -2.24. The van der Waals surface area contributed by atoms with Gasteiger partial charge in [0.05, 0.1) is 30.3 Å². The molecule has 0 aliphatic heterocycles. The minimum absolute atomic E-state index is 0.00839. The topological polar surface area (TPSA) is 87.5 Å². The average molecular weight is 451 g/mol. The molecule has 0 spiro atoms. The highest BCUT2D eigenvalue weighted by molar-refractivity contribution is 9.10. The van der Waals surface area contributed by atoms with E-state index in [1.165, 1.54) is 22.5 Å². The van der Waals surface area contributed by atoms with E-state index in [-0.39, 0.29) is 34.5 Å². The van der Waals surface area contributed by atoms with Gasteiger partial charge < -0.3 is 4.74 Å². The summed E-state index contributed by atoms with van der Waals surface area (Å²) in [6.45, 7) is 3.85. The van der Waals surface area contributed by atoms with Crippen molar-refractivity contribution in [3.05, 3.63) is 58.1 Å². The van der Waals surface area contributed by atoms with Gasteiger partial charge in [-0.05, 0) is 60.1 Å². The molecule has 2 aromatic rings. The molecule has 0 amide bonds. The molecule has 0 radical (unpaired) electrons. The van der Waals surface area contributed by atoms with Gasteiger partial charge in [0.2, 0.25) is 0 Å². The van der Waals surface area contributed by atoms with E-state index in [0.29, 0.717) is 5.69 Å². The van der Waals surface area contributed by atoms with Crippen LogP contribution in [0, 0.1) is 18.3 Å². The number of esters is 1. The summed E-state index contributed by atoms with van der Waals surface area (Å²) in [6, 6.07) is 13.2. The van der Waals surface area contributed by atoms with Gasteiger partial charge in [0, 0.05) is 11.0 Å². The molecule has 142 valence electrons. The van der Waals surface area contributed by atoms with Gasteiger partial charge in [0.25, 0.3) is 10.0 Å². The predicted octanol–water partition coefficient (Wildman–Crippen LogP) is 4.04. The second-order valence-electron chi connectivity index (χ2n) is 5.69. The molecule has 6 nitrogen and oxygen atoms in total. The van der Waals surface area contributed by atoms with Crippen molar-refractivity contribution in [3.8, 4) is 6.07 Å². The molecule has 8 heteroatoms. The van der Waals surface area contributed by atoms with E-state index in [1.54, 1.807) is 19.1 Å². The van der Waals surface area contributed by atoms with Gasteiger partial charge in [0.15, 0.2) is 0 Å². The van der Waals surface area contributed by atoms with E-state index in [2.05, 4.69) is 15.9 Å². The summed E-state index contributed by atoms with van der Waals surface area (Å²) in [6.07, 6.45) is 0.0473. The third-order valence-electron chi connectivity index (χ3n) is 3.76. The minimum atomic E-state index is -3.94. The number of carbonyl (C=O) groups is 1. The fourth-order valence-corrected chi connectivity index (χ4v) is 4.93. The maximum atomic E-state index is 13.2. The lowest BCUT2D eigenvalue weighted by Crippen LogP contribution is -2.32. The monoisotopic (exact) mass is 450 g/mol. The SMILES string of the molecule is CCOC(=O)c1ccc(S(=O)(=O)N(CCC#N)c2ccc(C)cc2)c(Br)c1. The van der Waals surface area contributed by atoms with Crippen LogP contribution in [0.5, 0.6) is 0 Å². The maximum Gasteiger partial charge on any atom is 0.338 e. The molecule has 2 aromatic carbocycles. The summed E-state index contributed by atoms with van der Waals surface area (Å²) in [7, 11) is -3.94. The quantitative estimate of drug-likeness (QED) is 0.593. The van der Waals surface area contributed by atoms with Gasteiger partial charge in [-0.25, -0.2) is 13.2 Å². The number of hydrogen-bond donors (Lipinski definition) is 0. The Hall–Kier alpha value is -2.37. The van der Waals surface area contributed by atoms with Crippen LogP contribution in [0.2, 0.25) is 0 Å². The second-order valence-corrected chi connectivity index (χ2v) is 8.37. The Kier molecular flexibility index (Phi) is 6.99. The molecule has 0 aliphatic rings. The first kappa shape index (κ1) is 20.9. The summed E-state index contributed by atoms with van der Waals surface area (Å²) in [4.78, 5) is 11.9. The van der Waals surface area contributed by atoms with Crippen molar-refractivity contribution in [1.82, 2.24) is 0 Å². The van der Waals surface area contributed by atoms with Crippen LogP contribution in [0.1, 0.15) is 29.3 Å². The van der Waals surface area contributed by atoms with Crippen LogP contribution in [0.25, 0.3) is 0 Å². The fourth-order valence-electron chi connectivity index (χ4n) is 2.42. The van der Waals surface area contributed by atoms with E-state index >= 15 is 0 Å². The van der Waals surface area contributed by atoms with E-state index in [4.69, 9.17) is 10.00 Å². The second kappa shape index (κ2) is 9.02. The first-order valence-corrected chi connectivity index (χ1v) is 10.5. The number of benzene rings is 2. The number of aryl methyl sites for hydroxylation is 1. The number of carbonyl (C=O) groups excluding carboxylic acids is 1. The average Bonchev–Trinajstić information content (AvgIpc) is 2.63. The molecule has 2 rings (SSSR count). The van der Waals surface area contributed by atoms with Gasteiger partial charge >= 0.3 is 5.97 Å². The summed E-state index contributed by atoms with van der Waals surface area (Å²) in [5.74, 6) is -0.526. The number of anilines is 1. The van der Waals surface area contributed by atoms with Crippen LogP contribution in [0.3, 0.4) is 0 Å². The summed E-state index contributed by atoms with van der Waals surface area (Å²) < 4.78 is 32.8. The number of ether oxygens (including phenoxy) is 1. The van der Waals surface area contributed by atoms with Crippen LogP contribution in [-0.2, 0) is 14.8 Å². The zero-order valence-electron chi connectivity index (χ0n) is 15.0. The zero-order valence-corrected chi connectivity index (χ0v) is 17.4. The smallest absolute Gasteiger partial charge is 0.338 e. The van der Waals surface area contributed by atoms with E-state index in [0.717, 1.165) is 5.56 Å². The Balaban J connectivity index is 2.47. The molecular weight excluding hydrogens is 432 g/mol. The number of hydrogen-bond acceptors (Lipinski definition) is 5. The molecule has 0 fully saturated rings.